The summed E-state index contributed by atoms with van der Waals surface area (Å²) in [7, 11) is 5.58. The fraction of sp³-hybridized carbons (Fsp3) is 0.348. The number of hydrogen-bond acceptors (Lipinski definition) is 5. The summed E-state index contributed by atoms with van der Waals surface area (Å²) in [6, 6.07) is 14.1. The molecule has 2 rings (SSSR count). The standard InChI is InChI=1S/C23H28ClN3O4/c1-16(28)25-21(18-7-9-19(24)10-8-18)13-23(30)31-15-22(29)27(4)14-17-5-11-20(12-6-17)26(2)3/h5-12,21H,13-15H2,1-4H3,(H,25,28). The van der Waals surface area contributed by atoms with Crippen LogP contribution >= 0.6 is 11.6 Å². The zero-order valence-electron chi connectivity index (χ0n) is 18.2. The van der Waals surface area contributed by atoms with Crippen molar-refractivity contribution in [3.8, 4) is 0 Å². The summed E-state index contributed by atoms with van der Waals surface area (Å²) in [6.07, 6.45) is -0.0931. The topological polar surface area (TPSA) is 78.9 Å². The van der Waals surface area contributed by atoms with Crippen molar-refractivity contribution in [3.05, 3.63) is 64.7 Å². The number of nitrogens with zero attached hydrogens (tertiary/aromatic N) is 2. The summed E-state index contributed by atoms with van der Waals surface area (Å²) < 4.78 is 5.16. The number of anilines is 1. The number of amides is 2. The van der Waals surface area contributed by atoms with Crippen molar-refractivity contribution < 1.29 is 19.1 Å². The molecule has 0 aliphatic carbocycles. The summed E-state index contributed by atoms with van der Waals surface area (Å²) >= 11 is 5.90. The Labute approximate surface area is 187 Å². The molecule has 2 amide bonds. The predicted molar refractivity (Wildman–Crippen MR) is 121 cm³/mol. The fourth-order valence-electron chi connectivity index (χ4n) is 2.93. The molecule has 2 aromatic carbocycles. The van der Waals surface area contributed by atoms with Crippen molar-refractivity contribution >= 4 is 35.1 Å². The number of carbonyl (C=O) groups excluding carboxylic acids is 3. The second kappa shape index (κ2) is 11.4. The van der Waals surface area contributed by atoms with E-state index in [9.17, 15) is 14.4 Å². The number of carbonyl (C=O) groups is 3. The maximum atomic E-state index is 12.4. The van der Waals surface area contributed by atoms with Gasteiger partial charge in [0.25, 0.3) is 5.91 Å². The first kappa shape index (κ1) is 24.2. The Morgan fingerprint density at radius 2 is 1.61 bits per heavy atom. The summed E-state index contributed by atoms with van der Waals surface area (Å²) in [5, 5.41) is 3.27. The van der Waals surface area contributed by atoms with Crippen LogP contribution in [0.2, 0.25) is 5.02 Å². The first-order valence-corrected chi connectivity index (χ1v) is 10.2. The molecule has 0 radical (unpaired) electrons. The van der Waals surface area contributed by atoms with Gasteiger partial charge in [-0.15, -0.1) is 0 Å². The molecule has 8 heteroatoms. The molecule has 166 valence electrons. The molecular formula is C23H28ClN3O4. The van der Waals surface area contributed by atoms with Gasteiger partial charge in [-0.3, -0.25) is 14.4 Å². The number of benzene rings is 2. The summed E-state index contributed by atoms with van der Waals surface area (Å²) in [5.41, 5.74) is 2.77. The third-order valence-corrected chi connectivity index (χ3v) is 4.93. The van der Waals surface area contributed by atoms with Crippen molar-refractivity contribution in [3.63, 3.8) is 0 Å². The highest BCUT2D eigenvalue weighted by atomic mass is 35.5. The largest absolute Gasteiger partial charge is 0.455 e. The molecule has 0 aromatic heterocycles. The Morgan fingerprint density at radius 1 is 1.00 bits per heavy atom. The molecule has 0 aliphatic rings. The van der Waals surface area contributed by atoms with Crippen LogP contribution in [-0.2, 0) is 25.7 Å². The van der Waals surface area contributed by atoms with Crippen molar-refractivity contribution in [2.45, 2.75) is 25.9 Å². The molecule has 0 saturated carbocycles. The number of rotatable bonds is 9. The zero-order chi connectivity index (χ0) is 23.0. The second-order valence-corrected chi connectivity index (χ2v) is 7.92. The van der Waals surface area contributed by atoms with Crippen molar-refractivity contribution in [1.82, 2.24) is 10.2 Å². The van der Waals surface area contributed by atoms with Crippen LogP contribution in [0.25, 0.3) is 0 Å². The van der Waals surface area contributed by atoms with Gasteiger partial charge in [0.1, 0.15) is 0 Å². The molecule has 0 heterocycles. The summed E-state index contributed by atoms with van der Waals surface area (Å²) in [6.45, 7) is 1.42. The van der Waals surface area contributed by atoms with E-state index < -0.39 is 12.0 Å². The third-order valence-electron chi connectivity index (χ3n) is 4.68. The van der Waals surface area contributed by atoms with Crippen LogP contribution in [0, 0.1) is 0 Å². The van der Waals surface area contributed by atoms with Gasteiger partial charge in [0.2, 0.25) is 5.91 Å². The van der Waals surface area contributed by atoms with E-state index in [1.54, 1.807) is 31.3 Å². The fourth-order valence-corrected chi connectivity index (χ4v) is 3.06. The first-order valence-electron chi connectivity index (χ1n) is 9.84. The molecule has 0 fully saturated rings. The highest BCUT2D eigenvalue weighted by Crippen LogP contribution is 2.20. The lowest BCUT2D eigenvalue weighted by Crippen LogP contribution is -2.32. The monoisotopic (exact) mass is 445 g/mol. The smallest absolute Gasteiger partial charge is 0.308 e. The summed E-state index contributed by atoms with van der Waals surface area (Å²) in [4.78, 5) is 39.7. The van der Waals surface area contributed by atoms with E-state index in [1.807, 2.05) is 43.3 Å². The van der Waals surface area contributed by atoms with E-state index in [1.165, 1.54) is 11.8 Å². The van der Waals surface area contributed by atoms with E-state index in [4.69, 9.17) is 16.3 Å². The average Bonchev–Trinajstić information content (AvgIpc) is 2.72. The highest BCUT2D eigenvalue weighted by Gasteiger charge is 2.20. The molecule has 1 atom stereocenters. The van der Waals surface area contributed by atoms with E-state index in [2.05, 4.69) is 5.32 Å². The molecule has 7 nitrogen and oxygen atoms in total. The van der Waals surface area contributed by atoms with Gasteiger partial charge in [-0.25, -0.2) is 0 Å². The van der Waals surface area contributed by atoms with Crippen LogP contribution in [0.5, 0.6) is 0 Å². The normalized spacial score (nSPS) is 11.4. The minimum Gasteiger partial charge on any atom is -0.455 e. The number of nitrogens with one attached hydrogen (secondary N) is 1. The van der Waals surface area contributed by atoms with E-state index in [0.717, 1.165) is 16.8 Å². The Morgan fingerprint density at radius 3 is 2.16 bits per heavy atom. The molecule has 2 aromatic rings. The number of hydrogen-bond donors (Lipinski definition) is 1. The first-order chi connectivity index (χ1) is 14.7. The lowest BCUT2D eigenvalue weighted by molar-refractivity contribution is -0.152. The van der Waals surface area contributed by atoms with Gasteiger partial charge in [0.05, 0.1) is 12.5 Å². The molecule has 0 aliphatic heterocycles. The van der Waals surface area contributed by atoms with Gasteiger partial charge < -0.3 is 19.9 Å². The minimum absolute atomic E-state index is 0.0931. The van der Waals surface area contributed by atoms with Gasteiger partial charge >= 0.3 is 5.97 Å². The highest BCUT2D eigenvalue weighted by molar-refractivity contribution is 6.30. The van der Waals surface area contributed by atoms with Crippen LogP contribution in [0.3, 0.4) is 0 Å². The molecule has 0 saturated heterocycles. The Balaban J connectivity index is 1.88. The SMILES string of the molecule is CC(=O)NC(CC(=O)OCC(=O)N(C)Cc1ccc(N(C)C)cc1)c1ccc(Cl)cc1. The molecule has 31 heavy (non-hydrogen) atoms. The van der Waals surface area contributed by atoms with Crippen molar-refractivity contribution in [1.29, 1.82) is 0 Å². The van der Waals surface area contributed by atoms with E-state index in [-0.39, 0.29) is 24.8 Å². The number of esters is 1. The molecule has 1 unspecified atom stereocenters. The molecule has 0 spiro atoms. The quantitative estimate of drug-likeness (QED) is 0.600. The number of likely N-dealkylation sites (N-methyl/N-ethyl adjacent to an activating group) is 1. The Kier molecular flexibility index (Phi) is 8.88. The molecule has 1 N–H and O–H groups in total. The maximum Gasteiger partial charge on any atom is 0.308 e. The van der Waals surface area contributed by atoms with Gasteiger partial charge in [0.15, 0.2) is 6.61 Å². The van der Waals surface area contributed by atoms with E-state index >= 15 is 0 Å². The van der Waals surface area contributed by atoms with Crippen LogP contribution in [0.15, 0.2) is 48.5 Å². The lowest BCUT2D eigenvalue weighted by atomic mass is 10.0. The third kappa shape index (κ3) is 7.94. The lowest BCUT2D eigenvalue weighted by Gasteiger charge is -2.20. The van der Waals surface area contributed by atoms with Crippen LogP contribution in [0.4, 0.5) is 5.69 Å². The Hall–Kier alpha value is -3.06. The number of halogens is 1. The van der Waals surface area contributed by atoms with Crippen LogP contribution in [0.1, 0.15) is 30.5 Å². The maximum absolute atomic E-state index is 12.4. The van der Waals surface area contributed by atoms with Crippen LogP contribution in [-0.4, -0.2) is 50.4 Å². The van der Waals surface area contributed by atoms with Gasteiger partial charge in [0, 0.05) is 45.3 Å². The van der Waals surface area contributed by atoms with Crippen LogP contribution < -0.4 is 10.2 Å². The minimum atomic E-state index is -0.578. The molecule has 0 bridgehead atoms. The predicted octanol–water partition coefficient (Wildman–Crippen LogP) is 3.18. The van der Waals surface area contributed by atoms with Gasteiger partial charge in [-0.1, -0.05) is 35.9 Å². The summed E-state index contributed by atoms with van der Waals surface area (Å²) in [5.74, 6) is -1.16. The molecular weight excluding hydrogens is 418 g/mol. The Bertz CT molecular complexity index is 898. The van der Waals surface area contributed by atoms with E-state index in [0.29, 0.717) is 11.6 Å². The zero-order valence-corrected chi connectivity index (χ0v) is 19.0. The second-order valence-electron chi connectivity index (χ2n) is 7.48. The average molecular weight is 446 g/mol. The van der Waals surface area contributed by atoms with Gasteiger partial charge in [-0.2, -0.15) is 0 Å². The van der Waals surface area contributed by atoms with Crippen molar-refractivity contribution in [2.75, 3.05) is 32.6 Å². The number of ether oxygens (including phenoxy) is 1. The van der Waals surface area contributed by atoms with Crippen molar-refractivity contribution in [2.24, 2.45) is 0 Å². The van der Waals surface area contributed by atoms with Gasteiger partial charge in [-0.05, 0) is 35.4 Å².